The summed E-state index contributed by atoms with van der Waals surface area (Å²) in [5.41, 5.74) is 6.68. The number of benzene rings is 1. The molecule has 2 rings (SSSR count). The van der Waals surface area contributed by atoms with Gasteiger partial charge in [0.1, 0.15) is 5.75 Å². The average Bonchev–Trinajstić information content (AvgIpc) is 2.55. The highest BCUT2D eigenvalue weighted by molar-refractivity contribution is 5.92. The van der Waals surface area contributed by atoms with Gasteiger partial charge in [-0.3, -0.25) is 4.79 Å². The Bertz CT molecular complexity index is 596. The van der Waals surface area contributed by atoms with Crippen molar-refractivity contribution in [3.63, 3.8) is 0 Å². The van der Waals surface area contributed by atoms with E-state index >= 15 is 0 Å². The molecule has 1 aliphatic rings. The van der Waals surface area contributed by atoms with Crippen LogP contribution in [0.2, 0.25) is 0 Å². The molecule has 1 aliphatic carbocycles. The van der Waals surface area contributed by atoms with Crippen LogP contribution in [0.5, 0.6) is 5.75 Å². The maximum Gasteiger partial charge on any atom is 0.422 e. The third-order valence-electron chi connectivity index (χ3n) is 4.83. The number of halogens is 3. The monoisotopic (exact) mass is 358 g/mol. The summed E-state index contributed by atoms with van der Waals surface area (Å²) >= 11 is 0. The van der Waals surface area contributed by atoms with Crippen molar-refractivity contribution in [1.82, 2.24) is 0 Å². The van der Waals surface area contributed by atoms with Gasteiger partial charge in [0, 0.05) is 17.7 Å². The molecular weight excluding hydrogens is 333 g/mol. The van der Waals surface area contributed by atoms with Gasteiger partial charge in [0.2, 0.25) is 5.91 Å². The zero-order valence-corrected chi connectivity index (χ0v) is 14.4. The van der Waals surface area contributed by atoms with Crippen molar-refractivity contribution < 1.29 is 22.7 Å². The lowest BCUT2D eigenvalue weighted by Crippen LogP contribution is -2.36. The van der Waals surface area contributed by atoms with Crippen LogP contribution >= 0.6 is 0 Å². The Morgan fingerprint density at radius 2 is 1.96 bits per heavy atom. The number of nitrogens with one attached hydrogen (secondary N) is 1. The summed E-state index contributed by atoms with van der Waals surface area (Å²) in [7, 11) is 0. The van der Waals surface area contributed by atoms with Crippen LogP contribution in [0.25, 0.3) is 0 Å². The molecule has 0 bridgehead atoms. The number of alkyl halides is 3. The number of hydrogen-bond acceptors (Lipinski definition) is 3. The Hall–Kier alpha value is -1.76. The number of rotatable bonds is 6. The predicted molar refractivity (Wildman–Crippen MR) is 90.5 cm³/mol. The van der Waals surface area contributed by atoms with Gasteiger partial charge in [-0.1, -0.05) is 25.3 Å². The summed E-state index contributed by atoms with van der Waals surface area (Å²) in [6, 6.07) is 4.68. The standard InChI is InChI=1S/C18H25F3N2O2/c1-13-14(6-5-7-15(13)25-12-18(19,20)21)23-16(24)10-17(11-22)8-3-2-4-9-17/h5-7H,2-4,8-12,22H2,1H3,(H,23,24). The number of carbonyl (C=O) groups is 1. The van der Waals surface area contributed by atoms with Crippen LogP contribution < -0.4 is 15.8 Å². The number of nitrogens with two attached hydrogens (primary N) is 1. The molecule has 4 nitrogen and oxygen atoms in total. The molecule has 1 fully saturated rings. The molecule has 25 heavy (non-hydrogen) atoms. The fraction of sp³-hybridized carbons (Fsp3) is 0.611. The molecule has 1 aromatic rings. The zero-order valence-electron chi connectivity index (χ0n) is 14.4. The molecule has 1 saturated carbocycles. The normalized spacial score (nSPS) is 17.2. The first-order valence-corrected chi connectivity index (χ1v) is 8.54. The van der Waals surface area contributed by atoms with E-state index in [9.17, 15) is 18.0 Å². The molecule has 0 saturated heterocycles. The second-order valence-electron chi connectivity index (χ2n) is 6.82. The molecule has 7 heteroatoms. The molecule has 1 aromatic carbocycles. The van der Waals surface area contributed by atoms with Gasteiger partial charge in [0.15, 0.2) is 6.61 Å². The Balaban J connectivity index is 2.03. The minimum absolute atomic E-state index is 0.112. The van der Waals surface area contributed by atoms with Crippen LogP contribution in [0.4, 0.5) is 18.9 Å². The minimum atomic E-state index is -4.40. The first kappa shape index (κ1) is 19.6. The summed E-state index contributed by atoms with van der Waals surface area (Å²) in [5, 5.41) is 2.80. The van der Waals surface area contributed by atoms with E-state index in [1.165, 1.54) is 12.5 Å². The van der Waals surface area contributed by atoms with Crippen LogP contribution in [0.3, 0.4) is 0 Å². The van der Waals surface area contributed by atoms with Crippen molar-refractivity contribution in [3.8, 4) is 5.75 Å². The van der Waals surface area contributed by atoms with E-state index in [-0.39, 0.29) is 17.1 Å². The van der Waals surface area contributed by atoms with E-state index in [1.54, 1.807) is 19.1 Å². The largest absolute Gasteiger partial charge is 0.484 e. The van der Waals surface area contributed by atoms with Gasteiger partial charge >= 0.3 is 6.18 Å². The second kappa shape index (κ2) is 8.08. The van der Waals surface area contributed by atoms with Crippen LogP contribution in [0, 0.1) is 12.3 Å². The number of hydrogen-bond donors (Lipinski definition) is 2. The first-order valence-electron chi connectivity index (χ1n) is 8.54. The van der Waals surface area contributed by atoms with Crippen LogP contribution in [0.1, 0.15) is 44.1 Å². The fourth-order valence-electron chi connectivity index (χ4n) is 3.36. The lowest BCUT2D eigenvalue weighted by Gasteiger charge is -2.35. The molecule has 0 radical (unpaired) electrons. The SMILES string of the molecule is Cc1c(NC(=O)CC2(CN)CCCCC2)cccc1OCC(F)(F)F. The van der Waals surface area contributed by atoms with Gasteiger partial charge in [-0.05, 0) is 43.9 Å². The van der Waals surface area contributed by atoms with Crippen molar-refractivity contribution >= 4 is 11.6 Å². The molecule has 0 aliphatic heterocycles. The average molecular weight is 358 g/mol. The molecule has 0 heterocycles. The highest BCUT2D eigenvalue weighted by Gasteiger charge is 2.33. The minimum Gasteiger partial charge on any atom is -0.484 e. The highest BCUT2D eigenvalue weighted by atomic mass is 19.4. The summed E-state index contributed by atoms with van der Waals surface area (Å²) < 4.78 is 41.8. The van der Waals surface area contributed by atoms with E-state index in [2.05, 4.69) is 5.32 Å². The summed E-state index contributed by atoms with van der Waals surface area (Å²) in [4.78, 5) is 12.4. The summed E-state index contributed by atoms with van der Waals surface area (Å²) in [6.45, 7) is 0.732. The third kappa shape index (κ3) is 5.63. The molecule has 1 amide bonds. The van der Waals surface area contributed by atoms with Crippen molar-refractivity contribution in [2.45, 2.75) is 51.6 Å². The Morgan fingerprint density at radius 1 is 1.28 bits per heavy atom. The van der Waals surface area contributed by atoms with E-state index in [0.29, 0.717) is 24.2 Å². The Morgan fingerprint density at radius 3 is 2.56 bits per heavy atom. The van der Waals surface area contributed by atoms with Crippen LogP contribution in [-0.2, 0) is 4.79 Å². The molecule has 0 spiro atoms. The van der Waals surface area contributed by atoms with E-state index in [1.807, 2.05) is 0 Å². The van der Waals surface area contributed by atoms with Gasteiger partial charge in [0.25, 0.3) is 0 Å². The first-order chi connectivity index (χ1) is 11.7. The third-order valence-corrected chi connectivity index (χ3v) is 4.83. The van der Waals surface area contributed by atoms with Crippen molar-refractivity contribution in [1.29, 1.82) is 0 Å². The molecule has 140 valence electrons. The van der Waals surface area contributed by atoms with Crippen LogP contribution in [0.15, 0.2) is 18.2 Å². The smallest absolute Gasteiger partial charge is 0.422 e. The maximum atomic E-state index is 12.4. The Labute approximate surface area is 145 Å². The zero-order chi connectivity index (χ0) is 18.5. The summed E-state index contributed by atoms with van der Waals surface area (Å²) in [6.07, 6.45) is 1.11. The van der Waals surface area contributed by atoms with Crippen molar-refractivity contribution in [2.24, 2.45) is 11.1 Å². The number of carbonyl (C=O) groups excluding carboxylic acids is 1. The Kier molecular flexibility index (Phi) is 6.32. The highest BCUT2D eigenvalue weighted by Crippen LogP contribution is 2.38. The van der Waals surface area contributed by atoms with Gasteiger partial charge in [-0.15, -0.1) is 0 Å². The van der Waals surface area contributed by atoms with Crippen molar-refractivity contribution in [3.05, 3.63) is 23.8 Å². The number of ether oxygens (including phenoxy) is 1. The molecule has 0 aromatic heterocycles. The van der Waals surface area contributed by atoms with Gasteiger partial charge in [-0.2, -0.15) is 13.2 Å². The number of amides is 1. The van der Waals surface area contributed by atoms with E-state index < -0.39 is 12.8 Å². The topological polar surface area (TPSA) is 64.4 Å². The predicted octanol–water partition coefficient (Wildman–Crippen LogP) is 4.17. The molecule has 0 atom stereocenters. The molecule has 3 N–H and O–H groups in total. The number of anilines is 1. The van der Waals surface area contributed by atoms with Gasteiger partial charge < -0.3 is 15.8 Å². The van der Waals surface area contributed by atoms with Crippen LogP contribution in [-0.4, -0.2) is 25.2 Å². The quantitative estimate of drug-likeness (QED) is 0.802. The van der Waals surface area contributed by atoms with E-state index in [4.69, 9.17) is 10.5 Å². The lowest BCUT2D eigenvalue weighted by molar-refractivity contribution is -0.153. The lowest BCUT2D eigenvalue weighted by atomic mass is 9.71. The molecule has 0 unspecified atom stereocenters. The summed E-state index contributed by atoms with van der Waals surface area (Å²) in [5.74, 6) is -0.0512. The van der Waals surface area contributed by atoms with Gasteiger partial charge in [-0.25, -0.2) is 0 Å². The van der Waals surface area contributed by atoms with Crippen molar-refractivity contribution in [2.75, 3.05) is 18.5 Å². The second-order valence-corrected chi connectivity index (χ2v) is 6.82. The van der Waals surface area contributed by atoms with E-state index in [0.717, 1.165) is 25.7 Å². The molecular formula is C18H25F3N2O2. The maximum absolute atomic E-state index is 12.4. The van der Waals surface area contributed by atoms with Gasteiger partial charge in [0.05, 0.1) is 0 Å². The fourth-order valence-corrected chi connectivity index (χ4v) is 3.36.